The van der Waals surface area contributed by atoms with E-state index in [0.717, 1.165) is 13.8 Å². The van der Waals surface area contributed by atoms with Gasteiger partial charge in [0.1, 0.15) is 36.3 Å². The Balaban J connectivity index is 3.21. The van der Waals surface area contributed by atoms with Gasteiger partial charge in [-0.05, 0) is 65.8 Å². The summed E-state index contributed by atoms with van der Waals surface area (Å²) in [6.45, 7) is 4.07. The van der Waals surface area contributed by atoms with Crippen molar-refractivity contribution in [3.05, 3.63) is 0 Å². The van der Waals surface area contributed by atoms with Crippen LogP contribution in [0.15, 0.2) is 0 Å². The number of aliphatic hydroxyl groups is 2. The van der Waals surface area contributed by atoms with Crippen molar-refractivity contribution in [1.29, 1.82) is 0 Å². The molecule has 22 heteroatoms. The van der Waals surface area contributed by atoms with E-state index < -0.39 is 121 Å². The number of carboxylic acids is 2. The first-order chi connectivity index (χ1) is 24.7. The fraction of sp³-hybridized carbons (Fsp3) is 0.710. The molecule has 300 valence electrons. The Morgan fingerprint density at radius 2 is 1.26 bits per heavy atom. The fourth-order valence-corrected chi connectivity index (χ4v) is 5.36. The molecule has 9 atom stereocenters. The van der Waals surface area contributed by atoms with Crippen LogP contribution in [0.1, 0.15) is 72.1 Å². The summed E-state index contributed by atoms with van der Waals surface area (Å²) in [5.74, 6) is -9.72. The van der Waals surface area contributed by atoms with Gasteiger partial charge in [0.15, 0.2) is 0 Å². The van der Waals surface area contributed by atoms with E-state index in [1.165, 1.54) is 11.8 Å². The molecule has 1 aliphatic rings. The second-order valence-corrected chi connectivity index (χ2v) is 12.8. The summed E-state index contributed by atoms with van der Waals surface area (Å²) in [7, 11) is 0. The topological polar surface area (TPSA) is 376 Å². The molecule has 0 aromatic carbocycles. The van der Waals surface area contributed by atoms with Gasteiger partial charge in [-0.25, -0.2) is 4.79 Å². The second kappa shape index (κ2) is 22.2. The minimum absolute atomic E-state index is 0.102. The number of nitrogens with two attached hydrogens (primary N) is 3. The van der Waals surface area contributed by atoms with Gasteiger partial charge in [0, 0.05) is 13.0 Å². The van der Waals surface area contributed by atoms with Gasteiger partial charge < -0.3 is 69.1 Å². The number of nitrogens with zero attached hydrogens (tertiary/aromatic N) is 1. The predicted octanol–water partition coefficient (Wildman–Crippen LogP) is -5.54. The number of hydrogen-bond donors (Lipinski definition) is 12. The van der Waals surface area contributed by atoms with Crippen molar-refractivity contribution in [3.8, 4) is 0 Å². The molecule has 0 unspecified atom stereocenters. The van der Waals surface area contributed by atoms with Crippen LogP contribution in [0.5, 0.6) is 0 Å². The summed E-state index contributed by atoms with van der Waals surface area (Å²) in [6, 6.07) is -10.4. The van der Waals surface area contributed by atoms with Gasteiger partial charge in [0.2, 0.25) is 41.4 Å². The average Bonchev–Trinajstić information content (AvgIpc) is 3.55. The minimum atomic E-state index is -1.82. The third kappa shape index (κ3) is 15.3. The largest absolute Gasteiger partial charge is 0.481 e. The summed E-state index contributed by atoms with van der Waals surface area (Å²) in [4.78, 5) is 114. The lowest BCUT2D eigenvalue weighted by molar-refractivity contribution is -0.144. The first kappa shape index (κ1) is 46.1. The lowest BCUT2D eigenvalue weighted by Crippen LogP contribution is -2.62. The molecule has 0 radical (unpaired) electrons. The number of likely N-dealkylation sites (tertiary alicyclic amines) is 1. The van der Waals surface area contributed by atoms with E-state index in [2.05, 4.69) is 26.6 Å². The molecule has 0 aromatic heterocycles. The van der Waals surface area contributed by atoms with Gasteiger partial charge >= 0.3 is 11.9 Å². The molecular weight excluding hydrogens is 706 g/mol. The minimum Gasteiger partial charge on any atom is -0.481 e. The quantitative estimate of drug-likeness (QED) is 0.0432. The van der Waals surface area contributed by atoms with Crippen molar-refractivity contribution < 1.29 is 63.6 Å². The molecule has 1 saturated heterocycles. The lowest BCUT2D eigenvalue weighted by Gasteiger charge is -2.29. The van der Waals surface area contributed by atoms with Crippen LogP contribution < -0.4 is 43.8 Å². The van der Waals surface area contributed by atoms with Gasteiger partial charge in [-0.1, -0.05) is 0 Å². The van der Waals surface area contributed by atoms with E-state index in [1.54, 1.807) is 0 Å². The van der Waals surface area contributed by atoms with Crippen molar-refractivity contribution in [2.75, 3.05) is 13.1 Å². The maximum atomic E-state index is 13.4. The Kier molecular flexibility index (Phi) is 19.3. The fourth-order valence-electron chi connectivity index (χ4n) is 5.36. The SMILES string of the molecule is C[C@H](N)C(=O)N1CCC[C@H]1C(=O)N[C@@H](CC(=O)O)C(=O)N[C@H](C(=O)N[C@@H](CCCCN)C(=O)N[C@H](C(=O)N[C@@H](CCC(N)=O)C(=O)O)[C@@H](C)O)[C@@H](C)O. The Morgan fingerprint density at radius 1 is 0.736 bits per heavy atom. The summed E-state index contributed by atoms with van der Waals surface area (Å²) in [5.41, 5.74) is 16.3. The van der Waals surface area contributed by atoms with Gasteiger partial charge in [0.25, 0.3) is 0 Å². The molecule has 1 fully saturated rings. The Hall–Kier alpha value is -4.93. The number of carbonyl (C=O) groups excluding carboxylic acids is 7. The smallest absolute Gasteiger partial charge is 0.326 e. The maximum Gasteiger partial charge on any atom is 0.326 e. The van der Waals surface area contributed by atoms with E-state index in [9.17, 15) is 63.6 Å². The Labute approximate surface area is 305 Å². The van der Waals surface area contributed by atoms with Gasteiger partial charge in [0.05, 0.1) is 24.7 Å². The standard InChI is InChI=1S/C31H53N9O13/c1-14(33)30(51)40-12-6-8-20(40)27(48)37-19(13-22(44)45)26(47)39-23(15(2)41)28(49)35-17(7-4-5-11-32)25(46)38-24(16(3)42)29(50)36-18(31(52)53)9-10-21(34)43/h14-20,23-24,41-42H,4-13,32-33H2,1-3H3,(H2,34,43)(H,35,49)(H,36,50)(H,37,48)(H,38,46)(H,39,47)(H,44,45)(H,52,53)/t14-,15+,16+,17-,18-,19-,20-,23-,24-/m0/s1. The molecule has 0 spiro atoms. The monoisotopic (exact) mass is 759 g/mol. The number of carboxylic acid groups (broad SMARTS) is 2. The number of primary amides is 1. The van der Waals surface area contributed by atoms with Crippen LogP contribution in [-0.4, -0.2) is 146 Å². The van der Waals surface area contributed by atoms with E-state index in [1.807, 2.05) is 0 Å². The van der Waals surface area contributed by atoms with Gasteiger partial charge in [-0.2, -0.15) is 0 Å². The van der Waals surface area contributed by atoms with E-state index in [0.29, 0.717) is 12.8 Å². The summed E-state index contributed by atoms with van der Waals surface area (Å²) in [5, 5.41) is 50.8. The maximum absolute atomic E-state index is 13.4. The zero-order valence-corrected chi connectivity index (χ0v) is 29.9. The number of hydrogen-bond acceptors (Lipinski definition) is 13. The third-order valence-electron chi connectivity index (χ3n) is 8.24. The Bertz CT molecular complexity index is 1340. The molecule has 15 N–H and O–H groups in total. The second-order valence-electron chi connectivity index (χ2n) is 12.8. The number of nitrogens with one attached hydrogen (secondary N) is 5. The molecule has 0 aliphatic carbocycles. The lowest BCUT2D eigenvalue weighted by atomic mass is 10.0. The molecule has 1 aliphatic heterocycles. The normalized spacial score (nSPS) is 18.5. The number of aliphatic hydroxyl groups excluding tert-OH is 2. The highest BCUT2D eigenvalue weighted by atomic mass is 16.4. The van der Waals surface area contributed by atoms with Gasteiger partial charge in [-0.15, -0.1) is 0 Å². The van der Waals surface area contributed by atoms with Crippen molar-refractivity contribution in [3.63, 3.8) is 0 Å². The number of aliphatic carboxylic acids is 2. The molecule has 1 heterocycles. The van der Waals surface area contributed by atoms with Crippen LogP contribution in [0.25, 0.3) is 0 Å². The van der Waals surface area contributed by atoms with Crippen LogP contribution in [0, 0.1) is 0 Å². The highest BCUT2D eigenvalue weighted by Crippen LogP contribution is 2.19. The van der Waals surface area contributed by atoms with Crippen LogP contribution >= 0.6 is 0 Å². The predicted molar refractivity (Wildman–Crippen MR) is 183 cm³/mol. The molecule has 0 aromatic rings. The molecule has 22 nitrogen and oxygen atoms in total. The van der Waals surface area contributed by atoms with Crippen molar-refractivity contribution >= 4 is 53.3 Å². The molecule has 1 rings (SSSR count). The first-order valence-electron chi connectivity index (χ1n) is 17.1. The van der Waals surface area contributed by atoms with E-state index in [-0.39, 0.29) is 38.8 Å². The summed E-state index contributed by atoms with van der Waals surface area (Å²) < 4.78 is 0. The van der Waals surface area contributed by atoms with Crippen molar-refractivity contribution in [1.82, 2.24) is 31.5 Å². The van der Waals surface area contributed by atoms with Crippen LogP contribution in [0.3, 0.4) is 0 Å². The number of rotatable bonds is 23. The van der Waals surface area contributed by atoms with Crippen LogP contribution in [-0.2, 0) is 43.2 Å². The molecule has 0 saturated carbocycles. The third-order valence-corrected chi connectivity index (χ3v) is 8.24. The average molecular weight is 760 g/mol. The highest BCUT2D eigenvalue weighted by Gasteiger charge is 2.39. The zero-order valence-electron chi connectivity index (χ0n) is 29.9. The van der Waals surface area contributed by atoms with E-state index >= 15 is 0 Å². The summed E-state index contributed by atoms with van der Waals surface area (Å²) >= 11 is 0. The Morgan fingerprint density at radius 3 is 1.72 bits per heavy atom. The molecular formula is C31H53N9O13. The van der Waals surface area contributed by atoms with Crippen molar-refractivity contribution in [2.24, 2.45) is 17.2 Å². The van der Waals surface area contributed by atoms with Crippen molar-refractivity contribution in [2.45, 2.75) is 127 Å². The van der Waals surface area contributed by atoms with Crippen LogP contribution in [0.2, 0.25) is 0 Å². The van der Waals surface area contributed by atoms with Gasteiger partial charge in [-0.3, -0.25) is 38.4 Å². The number of unbranched alkanes of at least 4 members (excludes halogenated alkanes) is 1. The van der Waals surface area contributed by atoms with E-state index in [4.69, 9.17) is 17.2 Å². The first-order valence-corrected chi connectivity index (χ1v) is 17.1. The zero-order chi connectivity index (χ0) is 40.6. The number of carbonyl (C=O) groups is 9. The highest BCUT2D eigenvalue weighted by molar-refractivity contribution is 5.98. The summed E-state index contributed by atoms with van der Waals surface area (Å²) in [6.07, 6.45) is -3.79. The molecule has 7 amide bonds. The molecule has 53 heavy (non-hydrogen) atoms. The molecule has 0 bridgehead atoms. The number of amides is 7. The van der Waals surface area contributed by atoms with Crippen LogP contribution in [0.4, 0.5) is 0 Å².